The zero-order valence-electron chi connectivity index (χ0n) is 13.2. The first-order chi connectivity index (χ1) is 11.2. The summed E-state index contributed by atoms with van der Waals surface area (Å²) in [5.74, 6) is -0.752. The first kappa shape index (κ1) is 15.6. The number of hydrogen-bond acceptors (Lipinski definition) is 4. The highest BCUT2D eigenvalue weighted by atomic mass is 16.4. The van der Waals surface area contributed by atoms with Gasteiger partial charge in [-0.15, -0.1) is 0 Å². The van der Waals surface area contributed by atoms with Crippen LogP contribution < -0.4 is 0 Å². The second-order valence-electron chi connectivity index (χ2n) is 5.98. The van der Waals surface area contributed by atoms with Gasteiger partial charge in [-0.2, -0.15) is 0 Å². The van der Waals surface area contributed by atoms with Gasteiger partial charge in [0, 0.05) is 18.6 Å². The van der Waals surface area contributed by atoms with Gasteiger partial charge < -0.3 is 5.11 Å². The molecule has 5 heteroatoms. The molecule has 5 nitrogen and oxygen atoms in total. The minimum atomic E-state index is -0.752. The number of aryl methyl sites for hydroxylation is 1. The van der Waals surface area contributed by atoms with Crippen LogP contribution in [0.4, 0.5) is 0 Å². The molecule has 0 spiro atoms. The number of aromatic nitrogens is 2. The lowest BCUT2D eigenvalue weighted by Crippen LogP contribution is -2.47. The van der Waals surface area contributed by atoms with E-state index in [9.17, 15) is 9.90 Å². The van der Waals surface area contributed by atoms with E-state index in [1.807, 2.05) is 37.4 Å². The molecule has 1 fully saturated rings. The summed E-state index contributed by atoms with van der Waals surface area (Å²) in [6, 6.07) is 7.15. The maximum atomic E-state index is 11.7. The van der Waals surface area contributed by atoms with Crippen molar-refractivity contribution in [2.24, 2.45) is 0 Å². The van der Waals surface area contributed by atoms with Gasteiger partial charge in [0.1, 0.15) is 6.04 Å². The third-order valence-electron chi connectivity index (χ3n) is 4.49. The van der Waals surface area contributed by atoms with Crippen molar-refractivity contribution >= 4 is 5.97 Å². The Morgan fingerprint density at radius 2 is 2.17 bits per heavy atom. The largest absolute Gasteiger partial charge is 0.480 e. The van der Waals surface area contributed by atoms with E-state index in [2.05, 4.69) is 14.9 Å². The smallest absolute Gasteiger partial charge is 0.320 e. The molecule has 120 valence electrons. The van der Waals surface area contributed by atoms with Crippen LogP contribution in [0.2, 0.25) is 0 Å². The summed E-state index contributed by atoms with van der Waals surface area (Å²) < 4.78 is 0. The predicted octanol–water partition coefficient (Wildman–Crippen LogP) is 2.81. The van der Waals surface area contributed by atoms with E-state index in [4.69, 9.17) is 0 Å². The number of likely N-dealkylation sites (tertiary alicyclic amines) is 1. The number of rotatable bonds is 4. The van der Waals surface area contributed by atoms with E-state index in [1.54, 1.807) is 12.4 Å². The van der Waals surface area contributed by atoms with E-state index >= 15 is 0 Å². The number of carboxylic acids is 1. The molecule has 1 saturated heterocycles. The van der Waals surface area contributed by atoms with Crippen LogP contribution in [0.1, 0.15) is 42.1 Å². The topological polar surface area (TPSA) is 66.3 Å². The first-order valence-corrected chi connectivity index (χ1v) is 7.98. The molecule has 0 bridgehead atoms. The van der Waals surface area contributed by atoms with Crippen LogP contribution >= 0.6 is 0 Å². The standard InChI is InChI=1S/C18H21N3O2/c1-13-12-19-10-8-14(13)17(15-6-2-4-9-20-15)21-11-5-3-7-16(21)18(22)23/h2,4,6,8-10,12,16-17H,3,5,7,11H2,1H3,(H,22,23). The van der Waals surface area contributed by atoms with Gasteiger partial charge in [-0.1, -0.05) is 12.5 Å². The summed E-state index contributed by atoms with van der Waals surface area (Å²) in [5.41, 5.74) is 3.01. The van der Waals surface area contributed by atoms with Crippen LogP contribution in [0.25, 0.3) is 0 Å². The zero-order valence-corrected chi connectivity index (χ0v) is 13.2. The number of pyridine rings is 2. The predicted molar refractivity (Wildman–Crippen MR) is 87.0 cm³/mol. The Bertz CT molecular complexity index is 675. The number of carboxylic acid groups (broad SMARTS) is 1. The van der Waals surface area contributed by atoms with Crippen LogP contribution in [0.5, 0.6) is 0 Å². The van der Waals surface area contributed by atoms with Crippen molar-refractivity contribution < 1.29 is 9.90 Å². The maximum Gasteiger partial charge on any atom is 0.320 e. The molecule has 1 aliphatic rings. The normalized spacial score (nSPS) is 20.1. The number of carbonyl (C=O) groups is 1. The fourth-order valence-electron chi connectivity index (χ4n) is 3.36. The van der Waals surface area contributed by atoms with Crippen molar-refractivity contribution in [2.75, 3.05) is 6.54 Å². The summed E-state index contributed by atoms with van der Waals surface area (Å²) in [5, 5.41) is 9.65. The quantitative estimate of drug-likeness (QED) is 0.940. The first-order valence-electron chi connectivity index (χ1n) is 7.98. The van der Waals surface area contributed by atoms with E-state index in [0.717, 1.165) is 36.2 Å². The molecule has 2 aromatic rings. The van der Waals surface area contributed by atoms with Crippen molar-refractivity contribution in [2.45, 2.75) is 38.3 Å². The molecule has 2 unspecified atom stereocenters. The Morgan fingerprint density at radius 3 is 2.87 bits per heavy atom. The molecule has 3 heterocycles. The van der Waals surface area contributed by atoms with Crippen LogP contribution in [0.3, 0.4) is 0 Å². The Hall–Kier alpha value is -2.27. The molecule has 1 N–H and O–H groups in total. The van der Waals surface area contributed by atoms with Gasteiger partial charge in [0.25, 0.3) is 0 Å². The molecule has 0 radical (unpaired) electrons. The average Bonchev–Trinajstić information content (AvgIpc) is 2.58. The second-order valence-corrected chi connectivity index (χ2v) is 5.98. The van der Waals surface area contributed by atoms with Gasteiger partial charge in [-0.3, -0.25) is 19.7 Å². The van der Waals surface area contributed by atoms with Crippen molar-refractivity contribution in [1.29, 1.82) is 0 Å². The summed E-state index contributed by atoms with van der Waals surface area (Å²) >= 11 is 0. The number of piperidine rings is 1. The molecule has 0 aliphatic carbocycles. The van der Waals surface area contributed by atoms with Gasteiger partial charge >= 0.3 is 5.97 Å². The van der Waals surface area contributed by atoms with Gasteiger partial charge in [-0.25, -0.2) is 0 Å². The Kier molecular flexibility index (Phi) is 4.67. The lowest BCUT2D eigenvalue weighted by molar-refractivity contribution is -0.145. The summed E-state index contributed by atoms with van der Waals surface area (Å²) in [6.45, 7) is 2.78. The van der Waals surface area contributed by atoms with E-state index in [1.165, 1.54) is 0 Å². The minimum absolute atomic E-state index is 0.152. The van der Waals surface area contributed by atoms with Crippen LogP contribution in [0, 0.1) is 6.92 Å². The number of aliphatic carboxylic acids is 1. The van der Waals surface area contributed by atoms with Crippen molar-refractivity contribution in [1.82, 2.24) is 14.9 Å². The summed E-state index contributed by atoms with van der Waals surface area (Å²) in [6.07, 6.45) is 8.00. The minimum Gasteiger partial charge on any atom is -0.480 e. The van der Waals surface area contributed by atoms with Crippen molar-refractivity contribution in [3.05, 3.63) is 59.7 Å². The van der Waals surface area contributed by atoms with Crippen LogP contribution in [-0.2, 0) is 4.79 Å². The SMILES string of the molecule is Cc1cnccc1C(c1ccccn1)N1CCCCC1C(=O)O. The Balaban J connectivity index is 2.08. The molecule has 23 heavy (non-hydrogen) atoms. The molecule has 2 aromatic heterocycles. The highest BCUT2D eigenvalue weighted by Gasteiger charge is 2.36. The molecule has 0 saturated carbocycles. The fourth-order valence-corrected chi connectivity index (χ4v) is 3.36. The third-order valence-corrected chi connectivity index (χ3v) is 4.49. The highest BCUT2D eigenvalue weighted by Crippen LogP contribution is 2.34. The van der Waals surface area contributed by atoms with Crippen molar-refractivity contribution in [3.63, 3.8) is 0 Å². The highest BCUT2D eigenvalue weighted by molar-refractivity contribution is 5.73. The van der Waals surface area contributed by atoms with Crippen molar-refractivity contribution in [3.8, 4) is 0 Å². The van der Waals surface area contributed by atoms with E-state index in [0.29, 0.717) is 6.42 Å². The monoisotopic (exact) mass is 311 g/mol. The summed E-state index contributed by atoms with van der Waals surface area (Å²) in [4.78, 5) is 22.5. The molecule has 0 amide bonds. The van der Waals surface area contributed by atoms with E-state index in [-0.39, 0.29) is 6.04 Å². The average molecular weight is 311 g/mol. The molecule has 2 atom stereocenters. The van der Waals surface area contributed by atoms with Crippen LogP contribution in [-0.4, -0.2) is 38.5 Å². The second kappa shape index (κ2) is 6.87. The van der Waals surface area contributed by atoms with Gasteiger partial charge in [0.05, 0.1) is 11.7 Å². The van der Waals surface area contributed by atoms with Gasteiger partial charge in [0.2, 0.25) is 0 Å². The molecular formula is C18H21N3O2. The fraction of sp³-hybridized carbons (Fsp3) is 0.389. The summed E-state index contributed by atoms with van der Waals surface area (Å²) in [7, 11) is 0. The maximum absolute atomic E-state index is 11.7. The Labute approximate surface area is 136 Å². The number of hydrogen-bond donors (Lipinski definition) is 1. The van der Waals surface area contributed by atoms with Crippen LogP contribution in [0.15, 0.2) is 42.9 Å². The molecule has 0 aromatic carbocycles. The van der Waals surface area contributed by atoms with Gasteiger partial charge in [-0.05, 0) is 55.6 Å². The van der Waals surface area contributed by atoms with Gasteiger partial charge in [0.15, 0.2) is 0 Å². The number of nitrogens with zero attached hydrogens (tertiary/aromatic N) is 3. The lowest BCUT2D eigenvalue weighted by atomic mass is 9.92. The molecule has 1 aliphatic heterocycles. The zero-order chi connectivity index (χ0) is 16.2. The Morgan fingerprint density at radius 1 is 1.30 bits per heavy atom. The van der Waals surface area contributed by atoms with E-state index < -0.39 is 12.0 Å². The third kappa shape index (κ3) is 3.24. The molecule has 3 rings (SSSR count). The lowest BCUT2D eigenvalue weighted by Gasteiger charge is -2.39. The molecular weight excluding hydrogens is 290 g/mol.